The molecule has 2 amide bonds. The number of hydrogen-bond acceptors (Lipinski definition) is 5. The zero-order valence-corrected chi connectivity index (χ0v) is 24.0. The van der Waals surface area contributed by atoms with Crippen molar-refractivity contribution in [2.24, 2.45) is 0 Å². The number of nitrogens with zero attached hydrogens (tertiary/aromatic N) is 3. The number of hydrogen-bond donors (Lipinski definition) is 2. The van der Waals surface area contributed by atoms with Crippen LogP contribution in [0.1, 0.15) is 58.3 Å². The highest BCUT2D eigenvalue weighted by molar-refractivity contribution is 6.31. The molecule has 1 aromatic heterocycles. The number of rotatable bonds is 4. The van der Waals surface area contributed by atoms with Crippen molar-refractivity contribution in [2.75, 3.05) is 23.1 Å². The Balaban J connectivity index is 1.75. The smallest absolute Gasteiger partial charge is 0.280 e. The molecule has 204 valence electrons. The van der Waals surface area contributed by atoms with E-state index in [4.69, 9.17) is 27.1 Å². The highest BCUT2D eigenvalue weighted by atomic mass is 35.5. The molecule has 2 aliphatic heterocycles. The summed E-state index contributed by atoms with van der Waals surface area (Å²) >= 11 is 6.45. The lowest BCUT2D eigenvalue weighted by Gasteiger charge is -2.36. The molecular formula is C31H30ClN5O3. The Morgan fingerprint density at radius 2 is 1.77 bits per heavy atom. The molecular weight excluding hydrogens is 526 g/mol. The molecule has 0 fully saturated rings. The normalized spacial score (nSPS) is 17.6. The number of nitrogen functional groups attached to an aromatic ring is 1. The molecule has 0 bridgehead atoms. The van der Waals surface area contributed by atoms with E-state index in [1.54, 1.807) is 30.2 Å². The predicted octanol–water partition coefficient (Wildman–Crippen LogP) is 6.16. The number of imidazole rings is 1. The number of benzene rings is 3. The van der Waals surface area contributed by atoms with Gasteiger partial charge in [0.25, 0.3) is 11.8 Å². The maximum Gasteiger partial charge on any atom is 0.280 e. The van der Waals surface area contributed by atoms with Crippen molar-refractivity contribution in [3.8, 4) is 17.1 Å². The quantitative estimate of drug-likeness (QED) is 0.294. The lowest BCUT2D eigenvalue weighted by molar-refractivity contribution is -0.119. The second kappa shape index (κ2) is 8.86. The fraction of sp³-hybridized carbons (Fsp3) is 0.258. The molecule has 4 aromatic rings. The molecule has 1 spiro atoms. The van der Waals surface area contributed by atoms with Crippen LogP contribution in [0.25, 0.3) is 11.4 Å². The topological polar surface area (TPSA) is 102 Å². The molecule has 0 radical (unpaired) electrons. The molecule has 0 saturated heterocycles. The standard InChI is InChI=1S/C31H30ClN5O3/c1-15(2)36-27-26(35-28(36)20-12-18(5)22(33)14-25(20)40-6)29(38)37(24-13-19(32)9-8-17(24)4)31(27)21-10-7-16(3)11-23(21)34-30(31)39/h7-15H,33H2,1-6H3,(H,34,39). The average Bonchev–Trinajstić information content (AvgIpc) is 3.51. The zero-order valence-electron chi connectivity index (χ0n) is 23.2. The third-order valence-corrected chi connectivity index (χ3v) is 8.13. The lowest BCUT2D eigenvalue weighted by atomic mass is 9.86. The fourth-order valence-corrected chi connectivity index (χ4v) is 6.18. The molecule has 6 rings (SSSR count). The first-order valence-electron chi connectivity index (χ1n) is 13.1. The van der Waals surface area contributed by atoms with Gasteiger partial charge in [-0.3, -0.25) is 14.5 Å². The van der Waals surface area contributed by atoms with Gasteiger partial charge >= 0.3 is 0 Å². The predicted molar refractivity (Wildman–Crippen MR) is 157 cm³/mol. The lowest BCUT2D eigenvalue weighted by Crippen LogP contribution is -2.51. The number of carbonyl (C=O) groups is 2. The van der Waals surface area contributed by atoms with Gasteiger partial charge in [0.1, 0.15) is 11.6 Å². The summed E-state index contributed by atoms with van der Waals surface area (Å²) in [6.45, 7) is 9.80. The summed E-state index contributed by atoms with van der Waals surface area (Å²) in [5.74, 6) is 0.359. The van der Waals surface area contributed by atoms with Crippen molar-refractivity contribution in [2.45, 2.75) is 46.2 Å². The monoisotopic (exact) mass is 555 g/mol. The third-order valence-electron chi connectivity index (χ3n) is 7.89. The molecule has 0 aliphatic carbocycles. The van der Waals surface area contributed by atoms with Crippen LogP contribution in [0.5, 0.6) is 5.75 Å². The molecule has 3 N–H and O–H groups in total. The van der Waals surface area contributed by atoms with Crippen LogP contribution in [0.4, 0.5) is 17.1 Å². The summed E-state index contributed by atoms with van der Waals surface area (Å²) in [4.78, 5) is 35.4. The first-order chi connectivity index (χ1) is 19.0. The molecule has 1 atom stereocenters. The van der Waals surface area contributed by atoms with Crippen molar-refractivity contribution in [3.05, 3.63) is 87.2 Å². The van der Waals surface area contributed by atoms with E-state index in [1.165, 1.54) is 0 Å². The first-order valence-corrected chi connectivity index (χ1v) is 13.5. The average molecular weight is 556 g/mol. The number of anilines is 3. The number of fused-ring (bicyclic) bond motifs is 4. The van der Waals surface area contributed by atoms with Crippen LogP contribution < -0.4 is 20.7 Å². The van der Waals surface area contributed by atoms with E-state index in [1.807, 2.05) is 69.5 Å². The number of nitrogens with two attached hydrogens (primary N) is 1. The number of ether oxygens (including phenoxy) is 1. The van der Waals surface area contributed by atoms with Crippen LogP contribution in [0.3, 0.4) is 0 Å². The number of halogens is 1. The summed E-state index contributed by atoms with van der Waals surface area (Å²) in [5, 5.41) is 3.54. The number of carbonyl (C=O) groups excluding carboxylic acids is 2. The number of aromatic nitrogens is 2. The van der Waals surface area contributed by atoms with E-state index in [0.717, 1.165) is 16.7 Å². The van der Waals surface area contributed by atoms with Gasteiger partial charge in [0, 0.05) is 34.1 Å². The SMILES string of the molecule is COc1cc(N)c(C)cc1-c1nc2c(n1C(C)C)C1(C(=O)Nc3cc(C)ccc31)N(c1cc(Cl)ccc1C)C2=O. The van der Waals surface area contributed by atoms with Gasteiger partial charge in [0.05, 0.1) is 24.1 Å². The molecule has 1 unspecified atom stereocenters. The van der Waals surface area contributed by atoms with Crippen LogP contribution in [-0.2, 0) is 10.3 Å². The van der Waals surface area contributed by atoms with Crippen LogP contribution in [0.2, 0.25) is 5.02 Å². The van der Waals surface area contributed by atoms with Gasteiger partial charge in [-0.1, -0.05) is 29.8 Å². The molecule has 40 heavy (non-hydrogen) atoms. The van der Waals surface area contributed by atoms with Crippen molar-refractivity contribution in [1.29, 1.82) is 0 Å². The molecule has 3 aromatic carbocycles. The van der Waals surface area contributed by atoms with E-state index in [9.17, 15) is 9.59 Å². The van der Waals surface area contributed by atoms with Gasteiger partial charge < -0.3 is 20.4 Å². The van der Waals surface area contributed by atoms with Gasteiger partial charge in [0.15, 0.2) is 11.2 Å². The van der Waals surface area contributed by atoms with E-state index in [-0.39, 0.29) is 23.6 Å². The van der Waals surface area contributed by atoms with Crippen LogP contribution in [-0.4, -0.2) is 28.5 Å². The Bertz CT molecular complexity index is 1760. The van der Waals surface area contributed by atoms with Crippen molar-refractivity contribution in [3.63, 3.8) is 0 Å². The summed E-state index contributed by atoms with van der Waals surface area (Å²) in [6.07, 6.45) is 0. The van der Waals surface area contributed by atoms with E-state index >= 15 is 0 Å². The Labute approximate surface area is 237 Å². The molecule has 3 heterocycles. The zero-order chi connectivity index (χ0) is 28.7. The number of nitrogens with one attached hydrogen (secondary N) is 1. The summed E-state index contributed by atoms with van der Waals surface area (Å²) in [5.41, 5.74) is 11.2. The minimum Gasteiger partial charge on any atom is -0.496 e. The molecule has 9 heteroatoms. The second-order valence-electron chi connectivity index (χ2n) is 10.8. The van der Waals surface area contributed by atoms with E-state index < -0.39 is 5.54 Å². The van der Waals surface area contributed by atoms with Crippen LogP contribution >= 0.6 is 11.6 Å². The Morgan fingerprint density at radius 1 is 1.02 bits per heavy atom. The highest BCUT2D eigenvalue weighted by Gasteiger charge is 2.64. The third kappa shape index (κ3) is 3.35. The molecule has 0 saturated carbocycles. The highest BCUT2D eigenvalue weighted by Crippen LogP contribution is 2.55. The van der Waals surface area contributed by atoms with Crippen LogP contribution in [0, 0.1) is 20.8 Å². The maximum absolute atomic E-state index is 14.5. The second-order valence-corrected chi connectivity index (χ2v) is 11.2. The van der Waals surface area contributed by atoms with Crippen LogP contribution in [0.15, 0.2) is 48.5 Å². The van der Waals surface area contributed by atoms with E-state index in [2.05, 4.69) is 5.32 Å². The maximum atomic E-state index is 14.5. The summed E-state index contributed by atoms with van der Waals surface area (Å²) in [7, 11) is 1.57. The van der Waals surface area contributed by atoms with Gasteiger partial charge in [-0.05, 0) is 75.6 Å². The van der Waals surface area contributed by atoms with E-state index in [0.29, 0.717) is 50.5 Å². The van der Waals surface area contributed by atoms with Crippen molar-refractivity contribution < 1.29 is 14.3 Å². The molecule has 8 nitrogen and oxygen atoms in total. The largest absolute Gasteiger partial charge is 0.496 e. The Kier molecular flexibility index (Phi) is 5.75. The minimum absolute atomic E-state index is 0.166. The number of amides is 2. The van der Waals surface area contributed by atoms with Crippen molar-refractivity contribution >= 4 is 40.5 Å². The summed E-state index contributed by atoms with van der Waals surface area (Å²) in [6, 6.07) is 14.7. The molecule has 2 aliphatic rings. The number of methoxy groups -OCH3 is 1. The van der Waals surface area contributed by atoms with Gasteiger partial charge in [0.2, 0.25) is 0 Å². The fourth-order valence-electron chi connectivity index (χ4n) is 6.01. The Hall–Kier alpha value is -4.30. The Morgan fingerprint density at radius 3 is 2.48 bits per heavy atom. The first kappa shape index (κ1) is 26.0. The van der Waals surface area contributed by atoms with Crippen molar-refractivity contribution in [1.82, 2.24) is 9.55 Å². The van der Waals surface area contributed by atoms with Gasteiger partial charge in [-0.2, -0.15) is 0 Å². The summed E-state index contributed by atoms with van der Waals surface area (Å²) < 4.78 is 7.68. The van der Waals surface area contributed by atoms with Gasteiger partial charge in [-0.15, -0.1) is 0 Å². The number of aryl methyl sites for hydroxylation is 3. The van der Waals surface area contributed by atoms with Gasteiger partial charge in [-0.25, -0.2) is 4.98 Å². The minimum atomic E-state index is -1.50.